The van der Waals surface area contributed by atoms with E-state index in [0.717, 1.165) is 18.5 Å². The summed E-state index contributed by atoms with van der Waals surface area (Å²) < 4.78 is 2.06. The van der Waals surface area contributed by atoms with Gasteiger partial charge in [-0.2, -0.15) is 5.10 Å². The lowest BCUT2D eigenvalue weighted by Gasteiger charge is -2.04. The van der Waals surface area contributed by atoms with Gasteiger partial charge in [-0.1, -0.05) is 12.1 Å². The minimum absolute atomic E-state index is 0.676. The second-order valence-electron chi connectivity index (χ2n) is 3.77. The van der Waals surface area contributed by atoms with Crippen LogP contribution in [0.4, 0.5) is 0 Å². The molecule has 1 aromatic carbocycles. The summed E-state index contributed by atoms with van der Waals surface area (Å²) >= 11 is 0. The van der Waals surface area contributed by atoms with Crippen LogP contribution in [0.3, 0.4) is 0 Å². The molecule has 0 radical (unpaired) electrons. The molecular formula is C12H17N3. The molecule has 0 aliphatic carbocycles. The third-order valence-corrected chi connectivity index (χ3v) is 2.76. The molecule has 0 aliphatic rings. The highest BCUT2D eigenvalue weighted by atomic mass is 15.3. The number of rotatable bonds is 3. The minimum atomic E-state index is 0.676. The van der Waals surface area contributed by atoms with Gasteiger partial charge >= 0.3 is 0 Å². The van der Waals surface area contributed by atoms with Gasteiger partial charge in [0.2, 0.25) is 0 Å². The number of nitrogens with zero attached hydrogens (tertiary/aromatic N) is 2. The molecule has 2 N–H and O–H groups in total. The third-order valence-electron chi connectivity index (χ3n) is 2.76. The van der Waals surface area contributed by atoms with Gasteiger partial charge < -0.3 is 5.73 Å². The molecule has 0 amide bonds. The van der Waals surface area contributed by atoms with Gasteiger partial charge in [-0.15, -0.1) is 0 Å². The molecular weight excluding hydrogens is 186 g/mol. The number of nitrogens with two attached hydrogens (primary N) is 1. The Kier molecular flexibility index (Phi) is 2.73. The highest BCUT2D eigenvalue weighted by molar-refractivity contribution is 5.85. The first-order valence-corrected chi connectivity index (χ1v) is 5.43. The fraction of sp³-hybridized carbons (Fsp3) is 0.417. The standard InChI is InChI=1S/C12H17N3/c1-3-15-11(7-8-13)12-9(2)5-4-6-10(12)14-15/h4-6H,3,7-8,13H2,1-2H3. The van der Waals surface area contributed by atoms with Gasteiger partial charge in [0.1, 0.15) is 0 Å². The molecule has 0 unspecified atom stereocenters. The molecule has 1 heterocycles. The second kappa shape index (κ2) is 4.03. The highest BCUT2D eigenvalue weighted by Crippen LogP contribution is 2.22. The van der Waals surface area contributed by atoms with Crippen molar-refractivity contribution in [3.8, 4) is 0 Å². The van der Waals surface area contributed by atoms with Gasteiger partial charge in [-0.05, 0) is 32.0 Å². The Morgan fingerprint density at radius 3 is 2.87 bits per heavy atom. The van der Waals surface area contributed by atoms with Crippen LogP contribution in [0.1, 0.15) is 18.2 Å². The first kappa shape index (κ1) is 10.2. The van der Waals surface area contributed by atoms with Crippen molar-refractivity contribution in [3.05, 3.63) is 29.5 Å². The number of aromatic nitrogens is 2. The Bertz CT molecular complexity index is 471. The third kappa shape index (κ3) is 1.63. The number of hydrogen-bond acceptors (Lipinski definition) is 2. The normalized spacial score (nSPS) is 11.1. The molecule has 1 aromatic heterocycles. The van der Waals surface area contributed by atoms with Crippen LogP contribution in [0, 0.1) is 6.92 Å². The molecule has 2 aromatic rings. The van der Waals surface area contributed by atoms with Gasteiger partial charge in [0, 0.05) is 24.0 Å². The van der Waals surface area contributed by atoms with Crippen LogP contribution in [-0.2, 0) is 13.0 Å². The maximum absolute atomic E-state index is 5.64. The van der Waals surface area contributed by atoms with Crippen LogP contribution in [0.25, 0.3) is 10.9 Å². The molecule has 0 atom stereocenters. The number of fused-ring (bicyclic) bond motifs is 1. The van der Waals surface area contributed by atoms with Crippen molar-refractivity contribution in [1.29, 1.82) is 0 Å². The van der Waals surface area contributed by atoms with Crippen molar-refractivity contribution < 1.29 is 0 Å². The Labute approximate surface area is 89.9 Å². The molecule has 0 saturated heterocycles. The number of hydrogen-bond donors (Lipinski definition) is 1. The molecule has 80 valence electrons. The molecule has 3 heteroatoms. The van der Waals surface area contributed by atoms with Crippen molar-refractivity contribution in [3.63, 3.8) is 0 Å². The van der Waals surface area contributed by atoms with E-state index in [1.807, 2.05) is 0 Å². The van der Waals surface area contributed by atoms with Crippen molar-refractivity contribution in [2.45, 2.75) is 26.8 Å². The summed E-state index contributed by atoms with van der Waals surface area (Å²) in [6, 6.07) is 6.25. The Morgan fingerprint density at radius 2 is 2.20 bits per heavy atom. The first-order valence-electron chi connectivity index (χ1n) is 5.43. The predicted octanol–water partition coefficient (Wildman–Crippen LogP) is 1.87. The predicted molar refractivity (Wildman–Crippen MR) is 62.9 cm³/mol. The van der Waals surface area contributed by atoms with E-state index >= 15 is 0 Å². The molecule has 15 heavy (non-hydrogen) atoms. The largest absolute Gasteiger partial charge is 0.330 e. The molecule has 0 aliphatic heterocycles. The Morgan fingerprint density at radius 1 is 1.40 bits per heavy atom. The molecule has 0 fully saturated rings. The maximum Gasteiger partial charge on any atom is 0.0928 e. The number of benzene rings is 1. The zero-order valence-corrected chi connectivity index (χ0v) is 9.33. The zero-order valence-electron chi connectivity index (χ0n) is 9.33. The van der Waals surface area contributed by atoms with Crippen molar-refractivity contribution in [2.24, 2.45) is 5.73 Å². The van der Waals surface area contributed by atoms with Crippen LogP contribution in [0.2, 0.25) is 0 Å². The van der Waals surface area contributed by atoms with Crippen molar-refractivity contribution >= 4 is 10.9 Å². The molecule has 2 rings (SSSR count). The average molecular weight is 203 g/mol. The Balaban J connectivity index is 2.70. The summed E-state index contributed by atoms with van der Waals surface area (Å²) in [5.41, 5.74) is 9.29. The first-order chi connectivity index (χ1) is 7.27. The highest BCUT2D eigenvalue weighted by Gasteiger charge is 2.10. The van der Waals surface area contributed by atoms with Gasteiger partial charge in [-0.25, -0.2) is 0 Å². The molecule has 0 bridgehead atoms. The van der Waals surface area contributed by atoms with E-state index in [4.69, 9.17) is 5.73 Å². The molecule has 3 nitrogen and oxygen atoms in total. The summed E-state index contributed by atoms with van der Waals surface area (Å²) in [5, 5.41) is 5.85. The zero-order chi connectivity index (χ0) is 10.8. The van der Waals surface area contributed by atoms with Crippen molar-refractivity contribution in [1.82, 2.24) is 9.78 Å². The van der Waals surface area contributed by atoms with E-state index < -0.39 is 0 Å². The molecule has 0 spiro atoms. The minimum Gasteiger partial charge on any atom is -0.330 e. The summed E-state index contributed by atoms with van der Waals surface area (Å²) in [5.74, 6) is 0. The fourth-order valence-electron chi connectivity index (χ4n) is 2.08. The fourth-order valence-corrected chi connectivity index (χ4v) is 2.08. The van der Waals surface area contributed by atoms with Gasteiger partial charge in [0.15, 0.2) is 0 Å². The van der Waals surface area contributed by atoms with E-state index in [0.29, 0.717) is 6.54 Å². The summed E-state index contributed by atoms with van der Waals surface area (Å²) in [6.45, 7) is 5.82. The maximum atomic E-state index is 5.64. The van der Waals surface area contributed by atoms with Crippen molar-refractivity contribution in [2.75, 3.05) is 6.54 Å². The SMILES string of the molecule is CCn1nc2cccc(C)c2c1CCN. The van der Waals surface area contributed by atoms with E-state index in [2.05, 4.69) is 41.8 Å². The quantitative estimate of drug-likeness (QED) is 0.827. The average Bonchev–Trinajstić information content (AvgIpc) is 2.58. The summed E-state index contributed by atoms with van der Waals surface area (Å²) in [7, 11) is 0. The van der Waals surface area contributed by atoms with Crippen LogP contribution in [0.15, 0.2) is 18.2 Å². The van der Waals surface area contributed by atoms with E-state index in [9.17, 15) is 0 Å². The second-order valence-corrected chi connectivity index (χ2v) is 3.77. The Hall–Kier alpha value is -1.35. The van der Waals surface area contributed by atoms with Crippen LogP contribution in [0.5, 0.6) is 0 Å². The van der Waals surface area contributed by atoms with E-state index in [1.165, 1.54) is 16.6 Å². The summed E-state index contributed by atoms with van der Waals surface area (Å²) in [4.78, 5) is 0. The van der Waals surface area contributed by atoms with E-state index in [-0.39, 0.29) is 0 Å². The van der Waals surface area contributed by atoms with Gasteiger partial charge in [0.25, 0.3) is 0 Å². The smallest absolute Gasteiger partial charge is 0.0928 e. The van der Waals surface area contributed by atoms with Crippen LogP contribution >= 0.6 is 0 Å². The monoisotopic (exact) mass is 203 g/mol. The lowest BCUT2D eigenvalue weighted by molar-refractivity contribution is 0.627. The van der Waals surface area contributed by atoms with Gasteiger partial charge in [-0.3, -0.25) is 4.68 Å². The lowest BCUT2D eigenvalue weighted by Crippen LogP contribution is -2.09. The number of aryl methyl sites for hydroxylation is 2. The van der Waals surface area contributed by atoms with Gasteiger partial charge in [0.05, 0.1) is 5.52 Å². The lowest BCUT2D eigenvalue weighted by atomic mass is 10.1. The topological polar surface area (TPSA) is 43.8 Å². The van der Waals surface area contributed by atoms with Crippen LogP contribution in [-0.4, -0.2) is 16.3 Å². The van der Waals surface area contributed by atoms with Crippen LogP contribution < -0.4 is 5.73 Å². The molecule has 0 saturated carbocycles. The summed E-state index contributed by atoms with van der Waals surface area (Å²) in [6.07, 6.45) is 0.898. The van der Waals surface area contributed by atoms with E-state index in [1.54, 1.807) is 0 Å².